The molecule has 0 fully saturated rings. The van der Waals surface area contributed by atoms with E-state index in [1.54, 1.807) is 0 Å². The van der Waals surface area contributed by atoms with Crippen LogP contribution in [0.1, 0.15) is 0 Å². The van der Waals surface area contributed by atoms with Gasteiger partial charge in [-0.1, -0.05) is 0 Å². The molecular weight excluding hydrogens is 490 g/mol. The maximum atomic E-state index is 12.7. The van der Waals surface area contributed by atoms with E-state index in [0.717, 1.165) is 0 Å². The smallest absolute Gasteiger partial charge is 0.748 e. The molecule has 0 heterocycles. The Morgan fingerprint density at radius 2 is 0.871 bits per heavy atom. The molecule has 2 rings (SSSR count). The second-order valence-electron chi connectivity index (χ2n) is 5.93. The number of hydrogen-bond acceptors (Lipinski definition) is 10. The number of nitrogens with one attached hydrogen (secondary N) is 2. The van der Waals surface area contributed by atoms with E-state index in [1.165, 1.54) is 48.5 Å². The van der Waals surface area contributed by atoms with Crippen molar-refractivity contribution < 1.29 is 93.5 Å². The second kappa shape index (κ2) is 12.9. The van der Waals surface area contributed by atoms with Crippen molar-refractivity contribution in [1.29, 1.82) is 0 Å². The number of benzene rings is 2. The molecule has 0 atom stereocenters. The maximum absolute atomic E-state index is 12.7. The van der Waals surface area contributed by atoms with Gasteiger partial charge >= 0.3 is 59.1 Å². The third kappa shape index (κ3) is 11.0. The molecule has 0 aliphatic carbocycles. The minimum absolute atomic E-state index is 0. The molecule has 31 heavy (non-hydrogen) atoms. The van der Waals surface area contributed by atoms with E-state index in [1.807, 2.05) is 0 Å². The van der Waals surface area contributed by atoms with E-state index in [2.05, 4.69) is 10.6 Å². The fourth-order valence-corrected chi connectivity index (χ4v) is 4.25. The second-order valence-corrected chi connectivity index (χ2v) is 10.9. The average molecular weight is 509 g/mol. The minimum atomic E-state index is -4.34. The van der Waals surface area contributed by atoms with E-state index < -0.39 is 41.6 Å². The van der Waals surface area contributed by atoms with Gasteiger partial charge in [-0.3, -0.25) is 0 Å². The van der Waals surface area contributed by atoms with Crippen LogP contribution in [-0.4, -0.2) is 59.0 Å². The monoisotopic (exact) mass is 508 g/mol. The van der Waals surface area contributed by atoms with Crippen molar-refractivity contribution in [3.8, 4) is 0 Å². The summed E-state index contributed by atoms with van der Waals surface area (Å²) in [6.45, 7) is -0.194. The molecule has 0 aliphatic heterocycles. The van der Waals surface area contributed by atoms with E-state index in [-0.39, 0.29) is 82.0 Å². The molecule has 0 aromatic heterocycles. The molecule has 2 aromatic carbocycles. The zero-order chi connectivity index (χ0) is 21.7. The standard InChI is InChI=1S/C16H20N2O8S3.2Na/c19-27(20,21)11-9-17-13-1-5-15(6-2-13)29(25,26)16-7-3-14(4-8-16)18-10-12-28(22,23)24;;/h1-8,17-18H,9-12H2,(H,19,20,21)(H,22,23,24);;/q;2*+1/p-2. The van der Waals surface area contributed by atoms with Crippen LogP contribution in [0, 0.1) is 0 Å². The summed E-state index contributed by atoms with van der Waals surface area (Å²) < 4.78 is 88.8. The predicted molar refractivity (Wildman–Crippen MR) is 104 cm³/mol. The van der Waals surface area contributed by atoms with Crippen LogP contribution in [0.15, 0.2) is 58.3 Å². The maximum Gasteiger partial charge on any atom is 1.00 e. The number of sulfone groups is 1. The summed E-state index contributed by atoms with van der Waals surface area (Å²) in [5, 5.41) is 5.42. The number of rotatable bonds is 10. The van der Waals surface area contributed by atoms with Crippen LogP contribution in [-0.2, 0) is 30.1 Å². The van der Waals surface area contributed by atoms with Gasteiger partial charge in [0.2, 0.25) is 9.84 Å². The molecule has 160 valence electrons. The number of anilines is 2. The molecule has 0 saturated heterocycles. The summed E-state index contributed by atoms with van der Waals surface area (Å²) in [6.07, 6.45) is 0. The minimum Gasteiger partial charge on any atom is -0.748 e. The van der Waals surface area contributed by atoms with Crippen molar-refractivity contribution >= 4 is 41.4 Å². The van der Waals surface area contributed by atoms with Gasteiger partial charge in [-0.05, 0) is 48.5 Å². The Morgan fingerprint density at radius 3 is 1.13 bits per heavy atom. The average Bonchev–Trinajstić information content (AvgIpc) is 2.60. The number of hydrogen-bond donors (Lipinski definition) is 2. The fourth-order valence-electron chi connectivity index (χ4n) is 2.28. The van der Waals surface area contributed by atoms with Crippen LogP contribution in [0.25, 0.3) is 0 Å². The van der Waals surface area contributed by atoms with Gasteiger partial charge in [0.15, 0.2) is 0 Å². The topological polar surface area (TPSA) is 173 Å². The zero-order valence-electron chi connectivity index (χ0n) is 16.9. The van der Waals surface area contributed by atoms with Gasteiger partial charge in [0.1, 0.15) is 0 Å². The summed E-state index contributed by atoms with van der Waals surface area (Å²) in [7, 11) is -12.5. The van der Waals surface area contributed by atoms with E-state index in [0.29, 0.717) is 11.4 Å². The van der Waals surface area contributed by atoms with Crippen LogP contribution in [0.2, 0.25) is 0 Å². The summed E-state index contributed by atoms with van der Waals surface area (Å²) in [6, 6.07) is 11.2. The zero-order valence-corrected chi connectivity index (χ0v) is 23.4. The molecule has 0 spiro atoms. The van der Waals surface area contributed by atoms with Gasteiger partial charge in [-0.15, -0.1) is 0 Å². The first-order valence-corrected chi connectivity index (χ1v) is 12.8. The molecule has 0 radical (unpaired) electrons. The van der Waals surface area contributed by atoms with Crippen molar-refractivity contribution in [1.82, 2.24) is 0 Å². The first-order chi connectivity index (χ1) is 13.4. The van der Waals surface area contributed by atoms with Crippen LogP contribution < -0.4 is 69.7 Å². The molecule has 2 N–H and O–H groups in total. The molecular formula is C16H18N2Na2O8S3. The van der Waals surface area contributed by atoms with Gasteiger partial charge in [0, 0.05) is 24.5 Å². The third-order valence-electron chi connectivity index (χ3n) is 3.69. The molecule has 0 amide bonds. The van der Waals surface area contributed by atoms with Gasteiger partial charge in [0.25, 0.3) is 0 Å². The van der Waals surface area contributed by atoms with E-state index in [4.69, 9.17) is 0 Å². The quantitative estimate of drug-likeness (QED) is 0.233. The predicted octanol–water partition coefficient (Wildman–Crippen LogP) is -5.56. The third-order valence-corrected chi connectivity index (χ3v) is 6.89. The van der Waals surface area contributed by atoms with Crippen LogP contribution in [0.5, 0.6) is 0 Å². The van der Waals surface area contributed by atoms with E-state index in [9.17, 15) is 34.4 Å². The Hall–Kier alpha value is -0.190. The molecule has 0 saturated carbocycles. The van der Waals surface area contributed by atoms with Crippen molar-refractivity contribution in [2.24, 2.45) is 0 Å². The summed E-state index contributed by atoms with van der Waals surface area (Å²) in [5.41, 5.74) is 0.918. The van der Waals surface area contributed by atoms with Crippen molar-refractivity contribution in [2.75, 3.05) is 35.2 Å². The fraction of sp³-hybridized carbons (Fsp3) is 0.250. The van der Waals surface area contributed by atoms with Crippen LogP contribution >= 0.6 is 0 Å². The Labute approximate surface area is 226 Å². The van der Waals surface area contributed by atoms with Gasteiger partial charge in [-0.25, -0.2) is 25.3 Å². The Kier molecular flexibility index (Phi) is 12.8. The molecule has 15 heteroatoms. The van der Waals surface area contributed by atoms with Gasteiger partial charge < -0.3 is 19.7 Å². The van der Waals surface area contributed by atoms with Gasteiger partial charge in [-0.2, -0.15) is 0 Å². The Morgan fingerprint density at radius 1 is 0.581 bits per heavy atom. The molecule has 0 unspecified atom stereocenters. The van der Waals surface area contributed by atoms with Crippen LogP contribution in [0.4, 0.5) is 11.4 Å². The normalized spacial score (nSPS) is 11.7. The van der Waals surface area contributed by atoms with Gasteiger partial charge in [0.05, 0.1) is 41.5 Å². The molecule has 2 aromatic rings. The molecule has 10 nitrogen and oxygen atoms in total. The first-order valence-electron chi connectivity index (χ1n) is 8.17. The van der Waals surface area contributed by atoms with Crippen molar-refractivity contribution in [3.05, 3.63) is 48.5 Å². The van der Waals surface area contributed by atoms with E-state index >= 15 is 0 Å². The molecule has 0 aliphatic rings. The molecule has 0 bridgehead atoms. The summed E-state index contributed by atoms with van der Waals surface area (Å²) >= 11 is 0. The van der Waals surface area contributed by atoms with Crippen LogP contribution in [0.3, 0.4) is 0 Å². The first kappa shape index (κ1) is 30.8. The SMILES string of the molecule is O=S(=O)([O-])CCNc1ccc(S(=O)(=O)c2ccc(NCCS(=O)(=O)[O-])cc2)cc1.[Na+].[Na+]. The Bertz CT molecular complexity index is 1060. The summed E-state index contributed by atoms with van der Waals surface area (Å²) in [4.78, 5) is 0.0234. The largest absolute Gasteiger partial charge is 1.00 e. The summed E-state index contributed by atoms with van der Waals surface area (Å²) in [5.74, 6) is -1.18. The van der Waals surface area contributed by atoms with Crippen molar-refractivity contribution in [2.45, 2.75) is 9.79 Å². The van der Waals surface area contributed by atoms with Crippen molar-refractivity contribution in [3.63, 3.8) is 0 Å². The Balaban J connectivity index is 0.00000450.